The summed E-state index contributed by atoms with van der Waals surface area (Å²) in [4.78, 5) is 16.7. The highest BCUT2D eigenvalue weighted by Crippen LogP contribution is 2.30. The first kappa shape index (κ1) is 83.5. The predicted molar refractivity (Wildman–Crippen MR) is 403 cm³/mol. The van der Waals surface area contributed by atoms with Crippen molar-refractivity contribution in [3.05, 3.63) is 266 Å². The predicted octanol–water partition coefficient (Wildman–Crippen LogP) is 21.1. The Bertz CT molecular complexity index is 2910. The summed E-state index contributed by atoms with van der Waals surface area (Å²) in [6.07, 6.45) is 22.6. The van der Waals surface area contributed by atoms with E-state index >= 15 is 0 Å². The number of nitrogens with zero attached hydrogens (tertiary/aromatic N) is 3. The van der Waals surface area contributed by atoms with Gasteiger partial charge in [-0.25, -0.2) is 9.97 Å². The standard InChI is InChI=1S/C13H14N2.C13H12.C7H6N2.C7H5NS.C7H13N.C7H6O2.C6H13N.C4H9N.C4H5N.C4H4O.7CH4/c1-3-7-12(8-4-1)14-11-15-13-9-5-2-6-10-13;1-3-7-12(8-4-1)11-13-9-5-2-6-10-13;2*1-2-4-7-6(3-1)8-5-9-7;1-4-8-5-2-7(1)3-6-8;1-2-4-7-6(3-1)8-5-9-7;1-2-4-6-7-5-3-1;3*1-2-4-5-3-1;;;;;;;/h1-10,14-15H,11H2;1-10H,11H2;1-5H,(H,8,9);1-5H;7H,1-6H2;1-4H,5H2;7H,1-6H2;5H,1-4H2;1-5H;1-4H;7*1H4. The summed E-state index contributed by atoms with van der Waals surface area (Å²) in [5.41, 5.74) is 10.1. The van der Waals surface area contributed by atoms with E-state index in [4.69, 9.17) is 9.47 Å². The number of nitrogens with one attached hydrogen (secondary N) is 6. The van der Waals surface area contributed by atoms with E-state index in [1.165, 1.54) is 119 Å². The number of piperidine rings is 3. The third-order valence-electron chi connectivity index (χ3n) is 14.0. The highest BCUT2D eigenvalue weighted by atomic mass is 32.1. The molecule has 92 heavy (non-hydrogen) atoms. The van der Waals surface area contributed by atoms with Crippen LogP contribution in [0.2, 0.25) is 0 Å². The Morgan fingerprint density at radius 3 is 1.29 bits per heavy atom. The van der Waals surface area contributed by atoms with Crippen LogP contribution in [0, 0.1) is 5.92 Å². The van der Waals surface area contributed by atoms with Gasteiger partial charge < -0.3 is 50.0 Å². The molecular formula is C79H115N9O3S. The average molecular weight is 1270 g/mol. The molecule has 13 heteroatoms. The lowest BCUT2D eigenvalue weighted by Crippen LogP contribution is -2.41. The van der Waals surface area contributed by atoms with Gasteiger partial charge in [0.05, 0.1) is 52.3 Å². The number of aromatic amines is 2. The monoisotopic (exact) mass is 1270 g/mol. The number of rotatable bonds is 6. The summed E-state index contributed by atoms with van der Waals surface area (Å²) in [5.74, 6) is 2.80. The second-order valence-corrected chi connectivity index (χ2v) is 21.3. The van der Waals surface area contributed by atoms with Gasteiger partial charge in [-0.1, -0.05) is 198 Å². The summed E-state index contributed by atoms with van der Waals surface area (Å²) in [5, 5.41) is 13.1. The van der Waals surface area contributed by atoms with E-state index in [9.17, 15) is 0 Å². The Kier molecular flexibility index (Phi) is 49.3. The van der Waals surface area contributed by atoms with Crippen LogP contribution in [-0.2, 0) is 6.42 Å². The van der Waals surface area contributed by atoms with E-state index in [1.54, 1.807) is 30.2 Å². The Hall–Kier alpha value is -8.46. The molecule has 6 aliphatic heterocycles. The maximum Gasteiger partial charge on any atom is 0.231 e. The fourth-order valence-electron chi connectivity index (χ4n) is 9.29. The van der Waals surface area contributed by atoms with E-state index in [1.807, 2.05) is 170 Å². The molecule has 500 valence electrons. The molecule has 0 atom stereocenters. The number of imidazole rings is 1. The lowest BCUT2D eigenvalue weighted by Gasteiger charge is -2.38. The molecule has 6 N–H and O–H groups in total. The molecule has 4 aromatic heterocycles. The molecule has 17 rings (SSSR count). The summed E-state index contributed by atoms with van der Waals surface area (Å²) < 4.78 is 16.0. The minimum atomic E-state index is 0. The minimum absolute atomic E-state index is 0. The zero-order chi connectivity index (χ0) is 58.5. The summed E-state index contributed by atoms with van der Waals surface area (Å²) in [6, 6.07) is 72.6. The molecule has 0 radical (unpaired) electrons. The maximum atomic E-state index is 5.08. The summed E-state index contributed by atoms with van der Waals surface area (Å²) >= 11 is 1.68. The van der Waals surface area contributed by atoms with Crippen LogP contribution >= 0.6 is 11.3 Å². The van der Waals surface area contributed by atoms with Crippen LogP contribution in [0.5, 0.6) is 11.5 Å². The van der Waals surface area contributed by atoms with E-state index in [2.05, 4.69) is 117 Å². The molecule has 0 saturated carbocycles. The largest absolute Gasteiger partial charge is 0.473 e. The molecule has 0 amide bonds. The van der Waals surface area contributed by atoms with Gasteiger partial charge in [-0.2, -0.15) is 0 Å². The number of fused-ring (bicyclic) bond motifs is 6. The van der Waals surface area contributed by atoms with Crippen LogP contribution in [0.3, 0.4) is 0 Å². The van der Waals surface area contributed by atoms with Gasteiger partial charge in [0.25, 0.3) is 0 Å². The molecule has 11 aromatic rings. The molecule has 12 nitrogen and oxygen atoms in total. The zero-order valence-corrected chi connectivity index (χ0v) is 50.1. The highest BCUT2D eigenvalue weighted by molar-refractivity contribution is 7.16. The smallest absolute Gasteiger partial charge is 0.231 e. The molecule has 5 saturated heterocycles. The van der Waals surface area contributed by atoms with Crippen molar-refractivity contribution in [3.8, 4) is 11.5 Å². The van der Waals surface area contributed by atoms with E-state index in [0.29, 0.717) is 6.79 Å². The van der Waals surface area contributed by atoms with Gasteiger partial charge in [-0.3, -0.25) is 0 Å². The zero-order valence-electron chi connectivity index (χ0n) is 49.2. The lowest BCUT2D eigenvalue weighted by molar-refractivity contribution is 0.111. The van der Waals surface area contributed by atoms with Crippen LogP contribution in [0.15, 0.2) is 260 Å². The fraction of sp³-hybridized carbons (Fsp3) is 0.342. The van der Waals surface area contributed by atoms with Gasteiger partial charge in [-0.05, 0) is 199 Å². The summed E-state index contributed by atoms with van der Waals surface area (Å²) in [6.45, 7) is 10.3. The SMILES string of the molecule is C.C.C.C.C.C.C.C1CCCNCC1.C1CCNC1.C1CN2CCC1CC2.c1cc[nH]c1.c1ccc(Cc2ccccc2)cc1.c1ccc(NCNc2ccccc2)cc1.c1ccc2[nH]cnc2c1.c1ccc2c(c1)OCO2.c1ccc2scnc2c1.c1ccoc1. The number of hydrogen-bond donors (Lipinski definition) is 6. The number of thiazole rings is 1. The highest BCUT2D eigenvalue weighted by Gasteiger charge is 2.24. The maximum absolute atomic E-state index is 5.08. The van der Waals surface area contributed by atoms with Crippen molar-refractivity contribution in [3.63, 3.8) is 0 Å². The first-order valence-corrected chi connectivity index (χ1v) is 31.0. The molecule has 7 aromatic carbocycles. The van der Waals surface area contributed by atoms with Gasteiger partial charge in [-0.15, -0.1) is 11.3 Å². The van der Waals surface area contributed by atoms with Crippen molar-refractivity contribution in [2.24, 2.45) is 5.92 Å². The van der Waals surface area contributed by atoms with Crippen molar-refractivity contribution in [2.75, 3.05) is 69.9 Å². The van der Waals surface area contributed by atoms with Gasteiger partial charge in [0.1, 0.15) is 0 Å². The van der Waals surface area contributed by atoms with Gasteiger partial charge in [0.15, 0.2) is 11.5 Å². The van der Waals surface area contributed by atoms with Crippen molar-refractivity contribution in [2.45, 2.75) is 116 Å². The third kappa shape index (κ3) is 35.8. The average Bonchev–Trinajstić information content (AvgIpc) is 2.95. The number of anilines is 2. The minimum Gasteiger partial charge on any atom is -0.473 e. The second kappa shape index (κ2) is 54.3. The normalized spacial score (nSPS) is 14.2. The van der Waals surface area contributed by atoms with E-state index < -0.39 is 0 Å². The molecule has 6 aliphatic rings. The fourth-order valence-corrected chi connectivity index (χ4v) is 9.97. The van der Waals surface area contributed by atoms with Gasteiger partial charge in [0, 0.05) is 23.8 Å². The Morgan fingerprint density at radius 2 is 0.880 bits per heavy atom. The van der Waals surface area contributed by atoms with Crippen LogP contribution < -0.4 is 30.7 Å². The van der Waals surface area contributed by atoms with Crippen molar-refractivity contribution in [1.29, 1.82) is 0 Å². The van der Waals surface area contributed by atoms with Crippen molar-refractivity contribution < 1.29 is 13.9 Å². The van der Waals surface area contributed by atoms with Crippen LogP contribution in [0.1, 0.15) is 121 Å². The Morgan fingerprint density at radius 1 is 0.446 bits per heavy atom. The molecule has 0 unspecified atom stereocenters. The quantitative estimate of drug-likeness (QED) is 0.0892. The van der Waals surface area contributed by atoms with Crippen molar-refractivity contribution >= 4 is 44.0 Å². The molecule has 2 bridgehead atoms. The van der Waals surface area contributed by atoms with Crippen molar-refractivity contribution in [1.82, 2.24) is 35.5 Å². The van der Waals surface area contributed by atoms with Gasteiger partial charge in [0.2, 0.25) is 6.79 Å². The topological polar surface area (TPSA) is 140 Å². The lowest BCUT2D eigenvalue weighted by atomic mass is 9.89. The number of benzene rings is 7. The first-order valence-electron chi connectivity index (χ1n) is 30.1. The number of para-hydroxylation sites is 7. The molecule has 5 fully saturated rings. The molecule has 0 spiro atoms. The van der Waals surface area contributed by atoms with Crippen LogP contribution in [0.25, 0.3) is 21.3 Å². The number of furan rings is 1. The van der Waals surface area contributed by atoms with Crippen LogP contribution in [-0.4, -0.2) is 84.1 Å². The number of H-pyrrole nitrogens is 2. The Balaban J connectivity index is 0.00000101. The van der Waals surface area contributed by atoms with Gasteiger partial charge >= 0.3 is 0 Å². The van der Waals surface area contributed by atoms with E-state index in [0.717, 1.165) is 58.4 Å². The molecule has 0 aliphatic carbocycles. The first-order chi connectivity index (χ1) is 42.2. The molecular weight excluding hydrogens is 1150 g/mol. The number of hydrogen-bond acceptors (Lipinski definition) is 11. The van der Waals surface area contributed by atoms with Crippen LogP contribution in [0.4, 0.5) is 11.4 Å². The second-order valence-electron chi connectivity index (χ2n) is 20.4. The third-order valence-corrected chi connectivity index (χ3v) is 14.8. The molecule has 10 heterocycles. The van der Waals surface area contributed by atoms with E-state index in [-0.39, 0.29) is 52.0 Å². The Labute approximate surface area is 560 Å². The summed E-state index contributed by atoms with van der Waals surface area (Å²) in [7, 11) is 0. The number of aromatic nitrogens is 4. The number of ether oxygens (including phenoxy) is 2.